The molecular formula is C8H19NO3. The van der Waals surface area contributed by atoms with Gasteiger partial charge in [-0.05, 0) is 27.1 Å². The molecule has 2 N–H and O–H groups in total. The summed E-state index contributed by atoms with van der Waals surface area (Å²) in [6.45, 7) is 2.89. The van der Waals surface area contributed by atoms with E-state index in [1.54, 1.807) is 6.92 Å². The first kappa shape index (κ1) is 13.9. The zero-order valence-electron chi connectivity index (χ0n) is 8.08. The Hall–Kier alpha value is -0.610. The fraction of sp³-hybridized carbons (Fsp3) is 0.875. The van der Waals surface area contributed by atoms with Gasteiger partial charge in [0.1, 0.15) is 0 Å². The number of aliphatic hydroxyl groups is 1. The predicted octanol–water partition coefficient (Wildman–Crippen LogP) is 0.411. The van der Waals surface area contributed by atoms with Crippen LogP contribution in [0.25, 0.3) is 0 Å². The van der Waals surface area contributed by atoms with Crippen molar-refractivity contribution in [2.45, 2.75) is 19.8 Å². The molecule has 0 fully saturated rings. The second kappa shape index (κ2) is 10.4. The minimum atomic E-state index is -0.745. The smallest absolute Gasteiger partial charge is 0.303 e. The molecular weight excluding hydrogens is 158 g/mol. The van der Waals surface area contributed by atoms with Crippen LogP contribution in [0.5, 0.6) is 0 Å². The van der Waals surface area contributed by atoms with Crippen molar-refractivity contribution < 1.29 is 15.0 Å². The van der Waals surface area contributed by atoms with Gasteiger partial charge in [-0.2, -0.15) is 0 Å². The van der Waals surface area contributed by atoms with Crippen LogP contribution in [0.15, 0.2) is 0 Å². The molecule has 0 heterocycles. The number of hydrogen-bond acceptors (Lipinski definition) is 3. The Balaban J connectivity index is 0. The molecule has 0 amide bonds. The zero-order valence-corrected chi connectivity index (χ0v) is 8.08. The van der Waals surface area contributed by atoms with Gasteiger partial charge in [-0.3, -0.25) is 4.79 Å². The van der Waals surface area contributed by atoms with Crippen LogP contribution in [0, 0.1) is 0 Å². The van der Waals surface area contributed by atoms with Crippen molar-refractivity contribution in [2.75, 3.05) is 27.2 Å². The van der Waals surface area contributed by atoms with E-state index in [0.29, 0.717) is 6.61 Å². The number of hydrogen-bond donors (Lipinski definition) is 2. The number of aliphatic carboxylic acids is 1. The Morgan fingerprint density at radius 1 is 1.42 bits per heavy atom. The van der Waals surface area contributed by atoms with Gasteiger partial charge in [-0.1, -0.05) is 6.92 Å². The molecule has 0 unspecified atom stereocenters. The Kier molecular flexibility index (Phi) is 12.1. The highest BCUT2D eigenvalue weighted by atomic mass is 16.4. The van der Waals surface area contributed by atoms with Gasteiger partial charge < -0.3 is 15.1 Å². The highest BCUT2D eigenvalue weighted by molar-refractivity contribution is 5.66. The second-order valence-electron chi connectivity index (χ2n) is 2.63. The first-order valence-corrected chi connectivity index (χ1v) is 4.02. The van der Waals surface area contributed by atoms with Crippen LogP contribution in [0.3, 0.4) is 0 Å². The lowest BCUT2D eigenvalue weighted by molar-refractivity contribution is -0.136. The summed E-state index contributed by atoms with van der Waals surface area (Å²) in [6.07, 6.45) is 1.10. The van der Waals surface area contributed by atoms with Crippen molar-refractivity contribution in [3.63, 3.8) is 0 Å². The first-order valence-electron chi connectivity index (χ1n) is 4.02. The van der Waals surface area contributed by atoms with Crippen molar-refractivity contribution in [1.29, 1.82) is 0 Å². The zero-order chi connectivity index (χ0) is 9.98. The van der Waals surface area contributed by atoms with Crippen molar-refractivity contribution in [1.82, 2.24) is 4.90 Å². The van der Waals surface area contributed by atoms with E-state index in [4.69, 9.17) is 10.2 Å². The van der Waals surface area contributed by atoms with Gasteiger partial charge in [-0.15, -0.1) is 0 Å². The maximum absolute atomic E-state index is 9.37. The maximum atomic E-state index is 9.37. The number of carbonyl (C=O) groups is 1. The number of rotatable bonds is 4. The van der Waals surface area contributed by atoms with E-state index < -0.39 is 5.97 Å². The van der Waals surface area contributed by atoms with E-state index >= 15 is 0 Å². The number of carboxylic acids is 1. The number of carboxylic acid groups (broad SMARTS) is 1. The Morgan fingerprint density at radius 3 is 1.92 bits per heavy atom. The fourth-order valence-electron chi connectivity index (χ4n) is 0.387. The molecule has 0 aromatic heterocycles. The molecule has 0 radical (unpaired) electrons. The molecule has 0 aromatic carbocycles. The summed E-state index contributed by atoms with van der Waals surface area (Å²) in [5.74, 6) is -0.745. The van der Waals surface area contributed by atoms with E-state index in [1.165, 1.54) is 0 Å². The molecule has 0 saturated carbocycles. The standard InChI is InChI=1S/C5H13NO.C3H6O2/c1-6(2)4-3-5-7;1-2-3(4)5/h7H,3-5H2,1-2H3;2H2,1H3,(H,4,5). The summed E-state index contributed by atoms with van der Waals surface area (Å²) in [5.41, 5.74) is 0. The van der Waals surface area contributed by atoms with Crippen LogP contribution in [0.4, 0.5) is 0 Å². The first-order chi connectivity index (χ1) is 5.54. The van der Waals surface area contributed by atoms with E-state index in [1.807, 2.05) is 14.1 Å². The largest absolute Gasteiger partial charge is 0.481 e. The van der Waals surface area contributed by atoms with Gasteiger partial charge in [-0.25, -0.2) is 0 Å². The Bertz CT molecular complexity index is 104. The molecule has 4 heteroatoms. The van der Waals surface area contributed by atoms with E-state index in [0.717, 1.165) is 13.0 Å². The quantitative estimate of drug-likeness (QED) is 0.653. The van der Waals surface area contributed by atoms with Crippen molar-refractivity contribution in [3.8, 4) is 0 Å². The van der Waals surface area contributed by atoms with E-state index in [9.17, 15) is 4.79 Å². The average Bonchev–Trinajstić information content (AvgIpc) is 2.02. The lowest BCUT2D eigenvalue weighted by atomic mass is 10.4. The fourth-order valence-corrected chi connectivity index (χ4v) is 0.387. The summed E-state index contributed by atoms with van der Waals surface area (Å²) < 4.78 is 0. The lowest BCUT2D eigenvalue weighted by Gasteiger charge is -2.05. The Labute approximate surface area is 73.8 Å². The van der Waals surface area contributed by atoms with Crippen molar-refractivity contribution >= 4 is 5.97 Å². The van der Waals surface area contributed by atoms with Crippen LogP contribution in [0.1, 0.15) is 19.8 Å². The molecule has 0 aromatic rings. The highest BCUT2D eigenvalue weighted by Gasteiger charge is 1.84. The summed E-state index contributed by atoms with van der Waals surface area (Å²) in [5, 5.41) is 16.0. The molecule has 0 aliphatic carbocycles. The van der Waals surface area contributed by atoms with Crippen LogP contribution in [-0.2, 0) is 4.79 Å². The van der Waals surface area contributed by atoms with Crippen LogP contribution >= 0.6 is 0 Å². The normalized spacial score (nSPS) is 9.08. The minimum absolute atomic E-state index is 0.222. The molecule has 0 rings (SSSR count). The van der Waals surface area contributed by atoms with Gasteiger partial charge >= 0.3 is 5.97 Å². The summed E-state index contributed by atoms with van der Waals surface area (Å²) in [6, 6.07) is 0. The molecule has 0 saturated heterocycles. The molecule has 0 bridgehead atoms. The van der Waals surface area contributed by atoms with Gasteiger partial charge in [0.05, 0.1) is 0 Å². The van der Waals surface area contributed by atoms with E-state index in [-0.39, 0.29) is 6.42 Å². The van der Waals surface area contributed by atoms with Gasteiger partial charge in [0.2, 0.25) is 0 Å². The molecule has 12 heavy (non-hydrogen) atoms. The SMILES string of the molecule is CCC(=O)O.CN(C)CCCO. The third-order valence-electron chi connectivity index (χ3n) is 1.07. The number of nitrogens with zero attached hydrogens (tertiary/aromatic N) is 1. The Morgan fingerprint density at radius 2 is 1.83 bits per heavy atom. The molecule has 4 nitrogen and oxygen atoms in total. The van der Waals surface area contributed by atoms with Crippen molar-refractivity contribution in [3.05, 3.63) is 0 Å². The third kappa shape index (κ3) is 22.8. The average molecular weight is 177 g/mol. The number of aliphatic hydroxyl groups excluding tert-OH is 1. The van der Waals surface area contributed by atoms with Crippen molar-refractivity contribution in [2.24, 2.45) is 0 Å². The molecule has 74 valence electrons. The van der Waals surface area contributed by atoms with E-state index in [2.05, 4.69) is 4.90 Å². The minimum Gasteiger partial charge on any atom is -0.481 e. The summed E-state index contributed by atoms with van der Waals surface area (Å²) in [4.78, 5) is 11.4. The molecule has 0 atom stereocenters. The van der Waals surface area contributed by atoms with Crippen LogP contribution < -0.4 is 0 Å². The van der Waals surface area contributed by atoms with Gasteiger partial charge in [0.25, 0.3) is 0 Å². The van der Waals surface area contributed by atoms with Gasteiger partial charge in [0.15, 0.2) is 0 Å². The van der Waals surface area contributed by atoms with Gasteiger partial charge in [0, 0.05) is 13.0 Å². The molecule has 0 spiro atoms. The highest BCUT2D eigenvalue weighted by Crippen LogP contribution is 1.77. The van der Waals surface area contributed by atoms with Crippen LogP contribution in [0.2, 0.25) is 0 Å². The monoisotopic (exact) mass is 177 g/mol. The third-order valence-corrected chi connectivity index (χ3v) is 1.07. The molecule has 0 aliphatic heterocycles. The predicted molar refractivity (Wildman–Crippen MR) is 48.2 cm³/mol. The maximum Gasteiger partial charge on any atom is 0.303 e. The summed E-state index contributed by atoms with van der Waals surface area (Å²) >= 11 is 0. The second-order valence-corrected chi connectivity index (χ2v) is 2.63. The topological polar surface area (TPSA) is 60.8 Å². The van der Waals surface area contributed by atoms with Crippen LogP contribution in [-0.4, -0.2) is 48.3 Å². The molecule has 0 aliphatic rings. The lowest BCUT2D eigenvalue weighted by Crippen LogP contribution is -2.13. The summed E-state index contributed by atoms with van der Waals surface area (Å²) in [7, 11) is 3.99.